The molecule has 0 aliphatic carbocycles. The van der Waals surface area contributed by atoms with Gasteiger partial charge in [-0.1, -0.05) is 173 Å². The van der Waals surface area contributed by atoms with Gasteiger partial charge < -0.3 is 4.74 Å². The maximum Gasteiger partial charge on any atom is 0.185 e. The lowest BCUT2D eigenvalue weighted by Crippen LogP contribution is -1.98. The van der Waals surface area contributed by atoms with Gasteiger partial charge in [0, 0.05) is 10.5 Å². The first kappa shape index (κ1) is 40.2. The van der Waals surface area contributed by atoms with Crippen molar-refractivity contribution in [1.82, 2.24) is 0 Å². The predicted molar refractivity (Wildman–Crippen MR) is 205 cm³/mol. The molecule has 0 aromatic heterocycles. The van der Waals surface area contributed by atoms with Gasteiger partial charge in [0.2, 0.25) is 0 Å². The Morgan fingerprint density at radius 2 is 0.978 bits per heavy atom. The fourth-order valence-electron chi connectivity index (χ4n) is 5.92. The molecule has 0 amide bonds. The van der Waals surface area contributed by atoms with Crippen LogP contribution in [-0.4, -0.2) is 18.1 Å². The van der Waals surface area contributed by atoms with Crippen molar-refractivity contribution in [1.29, 1.82) is 0 Å². The monoisotopic (exact) mass is 648 g/mol. The van der Waals surface area contributed by atoms with E-state index in [1.165, 1.54) is 158 Å². The van der Waals surface area contributed by atoms with Gasteiger partial charge in [-0.3, -0.25) is 4.79 Å². The zero-order valence-corrected chi connectivity index (χ0v) is 30.7. The molecule has 2 rings (SSSR count). The van der Waals surface area contributed by atoms with E-state index in [9.17, 15) is 4.79 Å². The second kappa shape index (κ2) is 29.2. The van der Waals surface area contributed by atoms with Gasteiger partial charge >= 0.3 is 0 Å². The number of hydrogen-bond acceptors (Lipinski definition) is 3. The topological polar surface area (TPSA) is 26.3 Å². The third-order valence-electron chi connectivity index (χ3n) is 8.98. The first-order chi connectivity index (χ1) is 22.7. The van der Waals surface area contributed by atoms with E-state index < -0.39 is 0 Å². The van der Waals surface area contributed by atoms with Crippen LogP contribution in [0.2, 0.25) is 0 Å². The molecule has 0 fully saturated rings. The fourth-order valence-corrected chi connectivity index (χ4v) is 6.84. The van der Waals surface area contributed by atoms with Gasteiger partial charge in [-0.25, -0.2) is 0 Å². The first-order valence-corrected chi connectivity index (χ1v) is 20.4. The standard InChI is InChI=1S/C43H68O2S/c1-3-5-7-9-10-11-12-13-14-15-16-17-18-19-20-21-22-23-24-26-38-46-42-34-27-39(28-35-42)29-36-43(44)40-30-32-41(33-31-40)45-37-25-8-6-4-2/h27-36H,3-26,37-38H2,1-2H3. The molecule has 2 aromatic carbocycles. The maximum absolute atomic E-state index is 12.6. The molecule has 0 bridgehead atoms. The van der Waals surface area contributed by atoms with Crippen LogP contribution in [0.15, 0.2) is 59.5 Å². The Kier molecular flexibility index (Phi) is 25.5. The van der Waals surface area contributed by atoms with Gasteiger partial charge in [-0.05, 0) is 66.6 Å². The first-order valence-electron chi connectivity index (χ1n) is 19.4. The molecule has 0 N–H and O–H groups in total. The zero-order chi connectivity index (χ0) is 32.8. The Labute approximate surface area is 289 Å². The molecule has 0 saturated carbocycles. The van der Waals surface area contributed by atoms with E-state index in [0.29, 0.717) is 5.56 Å². The van der Waals surface area contributed by atoms with E-state index in [1.807, 2.05) is 42.1 Å². The van der Waals surface area contributed by atoms with Crippen LogP contribution >= 0.6 is 11.8 Å². The minimum atomic E-state index is 0.0209. The van der Waals surface area contributed by atoms with Crippen molar-refractivity contribution in [3.63, 3.8) is 0 Å². The van der Waals surface area contributed by atoms with Crippen molar-refractivity contribution in [3.8, 4) is 5.75 Å². The summed E-state index contributed by atoms with van der Waals surface area (Å²) in [7, 11) is 0. The lowest BCUT2D eigenvalue weighted by Gasteiger charge is -2.06. The average molecular weight is 649 g/mol. The van der Waals surface area contributed by atoms with E-state index >= 15 is 0 Å². The molecule has 3 heteroatoms. The van der Waals surface area contributed by atoms with Crippen LogP contribution in [0.3, 0.4) is 0 Å². The third-order valence-corrected chi connectivity index (χ3v) is 10.1. The van der Waals surface area contributed by atoms with E-state index in [-0.39, 0.29) is 5.78 Å². The van der Waals surface area contributed by atoms with E-state index in [2.05, 4.69) is 38.1 Å². The van der Waals surface area contributed by atoms with Gasteiger partial charge in [0.15, 0.2) is 5.78 Å². The second-order valence-corrected chi connectivity index (χ2v) is 14.4. The van der Waals surface area contributed by atoms with E-state index in [1.54, 1.807) is 6.08 Å². The molecular formula is C43H68O2S. The predicted octanol–water partition coefficient (Wildman–Crippen LogP) is 14.5. The normalized spacial score (nSPS) is 11.4. The van der Waals surface area contributed by atoms with E-state index in [4.69, 9.17) is 4.74 Å². The lowest BCUT2D eigenvalue weighted by molar-refractivity contribution is 0.104. The number of benzene rings is 2. The van der Waals surface area contributed by atoms with Crippen LogP contribution in [0.25, 0.3) is 6.08 Å². The molecule has 0 spiro atoms. The SMILES string of the molecule is CCCCCCCCCCCCCCCCCCCCCCSc1ccc(C=CC(=O)c2ccc(OCCCCCC)cc2)cc1. The summed E-state index contributed by atoms with van der Waals surface area (Å²) in [5, 5.41) is 0. The van der Waals surface area contributed by atoms with Crippen LogP contribution in [0, 0.1) is 0 Å². The summed E-state index contributed by atoms with van der Waals surface area (Å²) in [6.45, 7) is 5.25. The van der Waals surface area contributed by atoms with Crippen LogP contribution < -0.4 is 4.74 Å². The molecule has 2 nitrogen and oxygen atoms in total. The number of carbonyl (C=O) groups is 1. The largest absolute Gasteiger partial charge is 0.494 e. The number of hydrogen-bond donors (Lipinski definition) is 0. The Bertz CT molecular complexity index is 994. The van der Waals surface area contributed by atoms with Crippen LogP contribution in [0.5, 0.6) is 5.75 Å². The van der Waals surface area contributed by atoms with Crippen molar-refractivity contribution in [2.75, 3.05) is 12.4 Å². The number of unbranched alkanes of at least 4 members (excludes halogenated alkanes) is 22. The number of rotatable bonds is 31. The molecule has 2 aromatic rings. The Hall–Kier alpha value is -2.00. The van der Waals surface area contributed by atoms with Gasteiger partial charge in [0.05, 0.1) is 6.61 Å². The lowest BCUT2D eigenvalue weighted by atomic mass is 10.0. The molecule has 0 aliphatic rings. The molecule has 0 atom stereocenters. The van der Waals surface area contributed by atoms with Crippen molar-refractivity contribution < 1.29 is 9.53 Å². The van der Waals surface area contributed by atoms with Crippen molar-refractivity contribution in [3.05, 3.63) is 65.7 Å². The molecular weight excluding hydrogens is 581 g/mol. The van der Waals surface area contributed by atoms with Gasteiger partial charge in [0.25, 0.3) is 0 Å². The van der Waals surface area contributed by atoms with Gasteiger partial charge in [-0.2, -0.15) is 0 Å². The van der Waals surface area contributed by atoms with E-state index in [0.717, 1.165) is 24.3 Å². The third kappa shape index (κ3) is 21.7. The Morgan fingerprint density at radius 3 is 1.46 bits per heavy atom. The van der Waals surface area contributed by atoms with Gasteiger partial charge in [-0.15, -0.1) is 11.8 Å². The summed E-state index contributed by atoms with van der Waals surface area (Å²) in [4.78, 5) is 13.9. The number of allylic oxidation sites excluding steroid dienone is 1. The molecule has 258 valence electrons. The van der Waals surface area contributed by atoms with Crippen LogP contribution in [0.1, 0.15) is 184 Å². The number of ketones is 1. The quantitative estimate of drug-likeness (QED) is 0.0352. The maximum atomic E-state index is 12.6. The summed E-state index contributed by atoms with van der Waals surface area (Å²) in [6, 6.07) is 16.1. The van der Waals surface area contributed by atoms with Gasteiger partial charge in [0.1, 0.15) is 5.75 Å². The number of thioether (sulfide) groups is 1. The molecule has 0 aliphatic heterocycles. The molecule has 0 saturated heterocycles. The highest BCUT2D eigenvalue weighted by atomic mass is 32.2. The van der Waals surface area contributed by atoms with Crippen LogP contribution in [-0.2, 0) is 0 Å². The minimum absolute atomic E-state index is 0.0209. The summed E-state index contributed by atoms with van der Waals surface area (Å²) in [6.07, 6.45) is 36.9. The van der Waals surface area contributed by atoms with Crippen LogP contribution in [0.4, 0.5) is 0 Å². The highest BCUT2D eigenvalue weighted by Crippen LogP contribution is 2.22. The highest BCUT2D eigenvalue weighted by molar-refractivity contribution is 7.99. The summed E-state index contributed by atoms with van der Waals surface area (Å²) in [5.41, 5.74) is 1.75. The number of carbonyl (C=O) groups excluding carboxylic acids is 1. The molecule has 0 heterocycles. The Balaban J connectivity index is 1.40. The van der Waals surface area contributed by atoms with Crippen molar-refractivity contribution in [2.45, 2.75) is 173 Å². The summed E-state index contributed by atoms with van der Waals surface area (Å²) < 4.78 is 5.79. The molecule has 0 unspecified atom stereocenters. The minimum Gasteiger partial charge on any atom is -0.494 e. The summed E-state index contributed by atoms with van der Waals surface area (Å²) >= 11 is 1.95. The average Bonchev–Trinajstić information content (AvgIpc) is 3.08. The van der Waals surface area contributed by atoms with Crippen molar-refractivity contribution >= 4 is 23.6 Å². The fraction of sp³-hybridized carbons (Fsp3) is 0.651. The smallest absolute Gasteiger partial charge is 0.185 e. The second-order valence-electron chi connectivity index (χ2n) is 13.3. The number of ether oxygens (including phenoxy) is 1. The zero-order valence-electron chi connectivity index (χ0n) is 29.9. The van der Waals surface area contributed by atoms with Crippen molar-refractivity contribution in [2.24, 2.45) is 0 Å². The summed E-state index contributed by atoms with van der Waals surface area (Å²) in [5.74, 6) is 2.04. The Morgan fingerprint density at radius 1 is 0.543 bits per heavy atom. The molecule has 0 radical (unpaired) electrons. The molecule has 46 heavy (non-hydrogen) atoms. The highest BCUT2D eigenvalue weighted by Gasteiger charge is 2.03.